The monoisotopic (exact) mass is 276 g/mol. The average molecular weight is 276 g/mol. The predicted molar refractivity (Wildman–Crippen MR) is 85.6 cm³/mol. The van der Waals surface area contributed by atoms with Gasteiger partial charge >= 0.3 is 0 Å². The van der Waals surface area contributed by atoms with Crippen LogP contribution >= 0.6 is 0 Å². The van der Waals surface area contributed by atoms with E-state index in [1.165, 1.54) is 32.1 Å². The van der Waals surface area contributed by atoms with Crippen LogP contribution in [0.3, 0.4) is 0 Å². The zero-order chi connectivity index (χ0) is 14.5. The maximum absolute atomic E-state index is 4.82. The first kappa shape index (κ1) is 15.1. The van der Waals surface area contributed by atoms with Crippen LogP contribution in [0.4, 0.5) is 11.6 Å². The Balaban J connectivity index is 2.19. The Labute approximate surface area is 123 Å². The Kier molecular flexibility index (Phi) is 5.21. The van der Waals surface area contributed by atoms with Crippen LogP contribution in [0.25, 0.3) is 0 Å². The van der Waals surface area contributed by atoms with Gasteiger partial charge in [0.25, 0.3) is 0 Å². The van der Waals surface area contributed by atoms with E-state index in [0.717, 1.165) is 24.0 Å². The van der Waals surface area contributed by atoms with Gasteiger partial charge in [0.15, 0.2) is 0 Å². The number of hydrogen-bond donors (Lipinski definition) is 1. The van der Waals surface area contributed by atoms with Crippen molar-refractivity contribution in [1.29, 1.82) is 0 Å². The fraction of sp³-hybridized carbons (Fsp3) is 0.750. The summed E-state index contributed by atoms with van der Waals surface area (Å²) >= 11 is 0. The van der Waals surface area contributed by atoms with Crippen molar-refractivity contribution >= 4 is 11.6 Å². The molecule has 4 heteroatoms. The van der Waals surface area contributed by atoms with Crippen LogP contribution in [-0.2, 0) is 0 Å². The molecule has 20 heavy (non-hydrogen) atoms. The molecular weight excluding hydrogens is 248 g/mol. The molecule has 0 bridgehead atoms. The number of aromatic nitrogens is 2. The molecule has 1 aromatic heterocycles. The molecule has 1 aliphatic carbocycles. The Bertz CT molecular complexity index is 426. The van der Waals surface area contributed by atoms with Gasteiger partial charge in [-0.1, -0.05) is 19.8 Å². The lowest BCUT2D eigenvalue weighted by molar-refractivity contribution is 0.617. The maximum Gasteiger partial charge on any atom is 0.136 e. The maximum atomic E-state index is 4.82. The number of rotatable bonds is 8. The summed E-state index contributed by atoms with van der Waals surface area (Å²) in [7, 11) is 1.93. The van der Waals surface area contributed by atoms with Crippen molar-refractivity contribution in [3.05, 3.63) is 11.9 Å². The molecule has 2 rings (SSSR count). The normalized spacial score (nSPS) is 14.7. The zero-order valence-electron chi connectivity index (χ0n) is 13.3. The van der Waals surface area contributed by atoms with Crippen molar-refractivity contribution < 1.29 is 0 Å². The first-order valence-corrected chi connectivity index (χ1v) is 7.99. The van der Waals surface area contributed by atoms with Gasteiger partial charge in [-0.15, -0.1) is 0 Å². The Hall–Kier alpha value is -1.32. The van der Waals surface area contributed by atoms with Gasteiger partial charge in [0.1, 0.15) is 17.5 Å². The van der Waals surface area contributed by atoms with E-state index in [-0.39, 0.29) is 0 Å². The van der Waals surface area contributed by atoms with E-state index in [1.807, 2.05) is 7.05 Å². The summed E-state index contributed by atoms with van der Waals surface area (Å²) in [6, 6.07) is 2.55. The van der Waals surface area contributed by atoms with Crippen LogP contribution < -0.4 is 10.2 Å². The minimum Gasteiger partial charge on any atom is -0.373 e. The quantitative estimate of drug-likeness (QED) is 0.733. The van der Waals surface area contributed by atoms with E-state index in [1.54, 1.807) is 0 Å². The molecule has 0 unspecified atom stereocenters. The molecule has 1 aliphatic rings. The summed E-state index contributed by atoms with van der Waals surface area (Å²) in [6.07, 6.45) is 6.24. The second-order valence-electron chi connectivity index (χ2n) is 5.99. The highest BCUT2D eigenvalue weighted by Gasteiger charge is 2.28. The Morgan fingerprint density at radius 3 is 2.60 bits per heavy atom. The molecule has 0 atom stereocenters. The number of unbranched alkanes of at least 4 members (excludes halogenated alkanes) is 2. The average Bonchev–Trinajstić information content (AvgIpc) is 3.27. The van der Waals surface area contributed by atoms with E-state index in [2.05, 4.69) is 42.0 Å². The van der Waals surface area contributed by atoms with Gasteiger partial charge in [0.2, 0.25) is 0 Å². The van der Waals surface area contributed by atoms with Gasteiger partial charge in [-0.25, -0.2) is 9.97 Å². The molecule has 1 aromatic rings. The minimum atomic E-state index is 0.471. The minimum absolute atomic E-state index is 0.471. The van der Waals surface area contributed by atoms with Crippen LogP contribution in [0.15, 0.2) is 6.07 Å². The molecular formula is C16H28N4. The molecule has 0 aromatic carbocycles. The van der Waals surface area contributed by atoms with Gasteiger partial charge in [-0.2, -0.15) is 0 Å². The van der Waals surface area contributed by atoms with Gasteiger partial charge in [-0.05, 0) is 33.1 Å². The lowest BCUT2D eigenvalue weighted by Crippen LogP contribution is -2.33. The smallest absolute Gasteiger partial charge is 0.136 e. The second-order valence-corrected chi connectivity index (χ2v) is 5.99. The lowest BCUT2D eigenvalue weighted by Gasteiger charge is -2.28. The molecule has 0 spiro atoms. The summed E-state index contributed by atoms with van der Waals surface area (Å²) in [5.41, 5.74) is 0. The highest BCUT2D eigenvalue weighted by atomic mass is 15.2. The first-order valence-electron chi connectivity index (χ1n) is 7.99. The fourth-order valence-corrected chi connectivity index (χ4v) is 2.42. The SMILES string of the molecule is CCCCCN(c1cc(NC)nc(C2CC2)n1)C(C)C. The summed E-state index contributed by atoms with van der Waals surface area (Å²) in [6.45, 7) is 7.80. The van der Waals surface area contributed by atoms with Gasteiger partial charge in [-0.3, -0.25) is 0 Å². The molecule has 0 saturated heterocycles. The van der Waals surface area contributed by atoms with E-state index in [9.17, 15) is 0 Å². The van der Waals surface area contributed by atoms with Crippen LogP contribution in [0, 0.1) is 0 Å². The number of nitrogens with one attached hydrogen (secondary N) is 1. The third-order valence-corrected chi connectivity index (χ3v) is 3.85. The summed E-state index contributed by atoms with van der Waals surface area (Å²) in [4.78, 5) is 11.8. The molecule has 0 aliphatic heterocycles. The molecule has 4 nitrogen and oxygen atoms in total. The first-order chi connectivity index (χ1) is 9.65. The van der Waals surface area contributed by atoms with Gasteiger partial charge < -0.3 is 10.2 Å². The predicted octanol–water partition coefficient (Wildman–Crippen LogP) is 3.80. The van der Waals surface area contributed by atoms with Crippen molar-refractivity contribution in [3.63, 3.8) is 0 Å². The fourth-order valence-electron chi connectivity index (χ4n) is 2.42. The molecule has 1 N–H and O–H groups in total. The van der Waals surface area contributed by atoms with Crippen LogP contribution in [0.1, 0.15) is 64.6 Å². The summed E-state index contributed by atoms with van der Waals surface area (Å²) < 4.78 is 0. The van der Waals surface area contributed by atoms with Crippen molar-refractivity contribution in [2.45, 2.75) is 64.8 Å². The van der Waals surface area contributed by atoms with E-state index < -0.39 is 0 Å². The third kappa shape index (κ3) is 3.84. The van der Waals surface area contributed by atoms with Gasteiger partial charge in [0.05, 0.1) is 0 Å². The van der Waals surface area contributed by atoms with Gasteiger partial charge in [0, 0.05) is 31.6 Å². The standard InChI is InChI=1S/C16H28N4/c1-5-6-7-10-20(12(2)3)15-11-14(17-4)18-16(19-15)13-8-9-13/h11-13H,5-10H2,1-4H3,(H,17,18,19). The summed E-state index contributed by atoms with van der Waals surface area (Å²) in [5, 5.41) is 3.17. The molecule has 1 fully saturated rings. The molecule has 0 radical (unpaired) electrons. The van der Waals surface area contributed by atoms with Crippen LogP contribution in [-0.4, -0.2) is 29.6 Å². The number of hydrogen-bond acceptors (Lipinski definition) is 4. The van der Waals surface area contributed by atoms with Crippen molar-refractivity contribution in [2.75, 3.05) is 23.8 Å². The molecule has 0 amide bonds. The van der Waals surface area contributed by atoms with E-state index >= 15 is 0 Å². The highest BCUT2D eigenvalue weighted by molar-refractivity contribution is 5.50. The second kappa shape index (κ2) is 6.91. The largest absolute Gasteiger partial charge is 0.373 e. The highest BCUT2D eigenvalue weighted by Crippen LogP contribution is 2.39. The molecule has 112 valence electrons. The van der Waals surface area contributed by atoms with E-state index in [0.29, 0.717) is 12.0 Å². The van der Waals surface area contributed by atoms with Crippen LogP contribution in [0.2, 0.25) is 0 Å². The number of nitrogens with zero attached hydrogens (tertiary/aromatic N) is 3. The molecule has 1 heterocycles. The number of anilines is 2. The van der Waals surface area contributed by atoms with Crippen molar-refractivity contribution in [2.24, 2.45) is 0 Å². The van der Waals surface area contributed by atoms with Crippen LogP contribution in [0.5, 0.6) is 0 Å². The lowest BCUT2D eigenvalue weighted by atomic mass is 10.2. The topological polar surface area (TPSA) is 41.0 Å². The van der Waals surface area contributed by atoms with E-state index in [4.69, 9.17) is 4.98 Å². The zero-order valence-corrected chi connectivity index (χ0v) is 13.3. The Morgan fingerprint density at radius 1 is 1.30 bits per heavy atom. The molecule has 1 saturated carbocycles. The summed E-state index contributed by atoms with van der Waals surface area (Å²) in [5.74, 6) is 3.63. The third-order valence-electron chi connectivity index (χ3n) is 3.85. The Morgan fingerprint density at radius 2 is 2.05 bits per heavy atom. The van der Waals surface area contributed by atoms with Crippen molar-refractivity contribution in [3.8, 4) is 0 Å². The van der Waals surface area contributed by atoms with Crippen molar-refractivity contribution in [1.82, 2.24) is 9.97 Å².